The summed E-state index contributed by atoms with van der Waals surface area (Å²) in [5.74, 6) is 3.72. The minimum Gasteiger partial charge on any atom is -0.400 e. The van der Waals surface area contributed by atoms with Crippen LogP contribution in [0.4, 0.5) is 0 Å². The molecule has 1 unspecified atom stereocenters. The second kappa shape index (κ2) is 11.9. The van der Waals surface area contributed by atoms with Crippen molar-refractivity contribution in [1.82, 2.24) is 4.90 Å². The molecule has 1 aliphatic heterocycles. The summed E-state index contributed by atoms with van der Waals surface area (Å²) in [5, 5.41) is 7.00. The van der Waals surface area contributed by atoms with Gasteiger partial charge in [0.2, 0.25) is 0 Å². The van der Waals surface area contributed by atoms with Crippen LogP contribution in [0.1, 0.15) is 46.1 Å². The molecule has 3 heteroatoms. The third-order valence-electron chi connectivity index (χ3n) is 4.94. The van der Waals surface area contributed by atoms with E-state index in [-0.39, 0.29) is 0 Å². The highest BCUT2D eigenvalue weighted by Crippen LogP contribution is 2.25. The van der Waals surface area contributed by atoms with E-state index in [0.717, 1.165) is 30.6 Å². The fourth-order valence-corrected chi connectivity index (χ4v) is 4.38. The van der Waals surface area contributed by atoms with E-state index in [1.54, 1.807) is 0 Å². The molecule has 1 heterocycles. The molecular weight excluding hydrogens is 314 g/mol. The lowest BCUT2D eigenvalue weighted by Gasteiger charge is -2.35. The predicted octanol–water partition coefficient (Wildman–Crippen LogP) is 4.95. The summed E-state index contributed by atoms with van der Waals surface area (Å²) in [6.07, 6.45) is 4.00. The molecule has 1 fully saturated rings. The van der Waals surface area contributed by atoms with E-state index in [2.05, 4.69) is 56.9 Å². The number of rotatable bonds is 7. The van der Waals surface area contributed by atoms with Crippen molar-refractivity contribution in [3.63, 3.8) is 0 Å². The van der Waals surface area contributed by atoms with Gasteiger partial charge >= 0.3 is 0 Å². The summed E-state index contributed by atoms with van der Waals surface area (Å²) >= 11 is 1.94. The Morgan fingerprint density at radius 1 is 1.17 bits per heavy atom. The number of aliphatic hydroxyl groups is 1. The number of likely N-dealkylation sites (tertiary alicyclic amines) is 1. The Balaban J connectivity index is 0.00000139. The van der Waals surface area contributed by atoms with Crippen molar-refractivity contribution in [3.8, 4) is 0 Å². The van der Waals surface area contributed by atoms with E-state index >= 15 is 0 Å². The monoisotopic (exact) mass is 351 g/mol. The Labute approximate surface area is 154 Å². The number of piperidine rings is 1. The molecule has 2 rings (SSSR count). The van der Waals surface area contributed by atoms with Gasteiger partial charge in [0.15, 0.2) is 0 Å². The molecular formula is C21H37NOS. The largest absolute Gasteiger partial charge is 0.400 e. The normalized spacial score (nSPS) is 17.5. The Morgan fingerprint density at radius 3 is 2.42 bits per heavy atom. The zero-order valence-electron chi connectivity index (χ0n) is 16.3. The Bertz CT molecular complexity index is 441. The molecule has 0 amide bonds. The van der Waals surface area contributed by atoms with Crippen molar-refractivity contribution in [2.45, 2.75) is 51.9 Å². The predicted molar refractivity (Wildman–Crippen MR) is 108 cm³/mol. The average Bonchev–Trinajstić information content (AvgIpc) is 2.57. The zero-order valence-corrected chi connectivity index (χ0v) is 17.1. The number of nitrogens with zero attached hydrogens (tertiary/aromatic N) is 1. The minimum absolute atomic E-state index is 0.748. The number of benzene rings is 1. The van der Waals surface area contributed by atoms with Crippen molar-refractivity contribution < 1.29 is 5.11 Å². The first-order valence-electron chi connectivity index (χ1n) is 9.47. The molecule has 1 aromatic carbocycles. The molecule has 0 radical (unpaired) electrons. The lowest BCUT2D eigenvalue weighted by Crippen LogP contribution is -2.38. The molecule has 0 spiro atoms. The van der Waals surface area contributed by atoms with Crippen molar-refractivity contribution in [1.29, 1.82) is 0 Å². The number of aliphatic hydroxyl groups excluding tert-OH is 1. The first-order chi connectivity index (χ1) is 11.6. The average molecular weight is 352 g/mol. The van der Waals surface area contributed by atoms with Crippen LogP contribution in [0.5, 0.6) is 0 Å². The van der Waals surface area contributed by atoms with Crippen LogP contribution in [0.25, 0.3) is 0 Å². The van der Waals surface area contributed by atoms with Gasteiger partial charge < -0.3 is 10.0 Å². The van der Waals surface area contributed by atoms with Crippen molar-refractivity contribution in [3.05, 3.63) is 29.8 Å². The summed E-state index contributed by atoms with van der Waals surface area (Å²) in [6.45, 7) is 13.3. The van der Waals surface area contributed by atoms with E-state index in [0.29, 0.717) is 0 Å². The van der Waals surface area contributed by atoms with Crippen LogP contribution in [0.2, 0.25) is 0 Å². The maximum atomic E-state index is 7.00. The maximum Gasteiger partial charge on any atom is 0.0319 e. The zero-order chi connectivity index (χ0) is 17.9. The molecule has 1 aromatic rings. The van der Waals surface area contributed by atoms with Gasteiger partial charge in [0.25, 0.3) is 0 Å². The van der Waals surface area contributed by atoms with Crippen molar-refractivity contribution in [2.24, 2.45) is 17.8 Å². The second-order valence-corrected chi connectivity index (χ2v) is 8.61. The minimum atomic E-state index is 0.748. The quantitative estimate of drug-likeness (QED) is 0.703. The summed E-state index contributed by atoms with van der Waals surface area (Å²) in [7, 11) is 1.00. The maximum absolute atomic E-state index is 7.00. The van der Waals surface area contributed by atoms with Crippen molar-refractivity contribution in [2.75, 3.05) is 32.5 Å². The van der Waals surface area contributed by atoms with Crippen LogP contribution in [0, 0.1) is 17.8 Å². The molecule has 1 N–H and O–H groups in total. The fourth-order valence-electron chi connectivity index (χ4n) is 3.64. The van der Waals surface area contributed by atoms with Crippen LogP contribution in [0.15, 0.2) is 29.2 Å². The smallest absolute Gasteiger partial charge is 0.0319 e. The summed E-state index contributed by atoms with van der Waals surface area (Å²) < 4.78 is 0. The van der Waals surface area contributed by atoms with Crippen molar-refractivity contribution >= 4 is 11.8 Å². The molecule has 0 bridgehead atoms. The first-order valence-corrected chi connectivity index (χ1v) is 10.5. The highest BCUT2D eigenvalue weighted by atomic mass is 32.2. The van der Waals surface area contributed by atoms with E-state index in [9.17, 15) is 0 Å². The molecule has 1 atom stereocenters. The van der Waals surface area contributed by atoms with E-state index < -0.39 is 0 Å². The summed E-state index contributed by atoms with van der Waals surface area (Å²) in [4.78, 5) is 4.11. The first kappa shape index (κ1) is 21.5. The number of hydrogen-bond donors (Lipinski definition) is 1. The fraction of sp³-hybridized carbons (Fsp3) is 0.714. The molecule has 1 saturated heterocycles. The van der Waals surface area contributed by atoms with Crippen LogP contribution in [0.3, 0.4) is 0 Å². The molecule has 1 aliphatic rings. The topological polar surface area (TPSA) is 23.5 Å². The number of hydrogen-bond acceptors (Lipinski definition) is 3. The van der Waals surface area contributed by atoms with Gasteiger partial charge in [0.1, 0.15) is 0 Å². The van der Waals surface area contributed by atoms with Crippen LogP contribution in [-0.4, -0.2) is 42.5 Å². The highest BCUT2D eigenvalue weighted by Gasteiger charge is 2.22. The van der Waals surface area contributed by atoms with Crippen LogP contribution >= 0.6 is 11.8 Å². The molecule has 0 saturated carbocycles. The summed E-state index contributed by atoms with van der Waals surface area (Å²) in [5.41, 5.74) is 1.50. The van der Waals surface area contributed by atoms with Gasteiger partial charge in [-0.15, -0.1) is 11.8 Å². The lowest BCUT2D eigenvalue weighted by atomic mass is 9.86. The van der Waals surface area contributed by atoms with Crippen LogP contribution < -0.4 is 0 Å². The van der Waals surface area contributed by atoms with E-state index in [1.165, 1.54) is 49.4 Å². The standard InChI is InChI=1S/C20H33NS.CH4O/c1-5-22-20-8-6-7-18(14-20)13-17(4)15-21-11-9-19(10-12-21)16(2)3;1-2/h6-8,14,16-17,19H,5,9-13,15H2,1-4H3;2H,1H3. The Kier molecular flexibility index (Phi) is 10.7. The molecule has 2 nitrogen and oxygen atoms in total. The SMILES string of the molecule is CCSc1cccc(CC(C)CN2CCC(C(C)C)CC2)c1.CO. The highest BCUT2D eigenvalue weighted by molar-refractivity contribution is 7.99. The third kappa shape index (κ3) is 7.58. The molecule has 24 heavy (non-hydrogen) atoms. The van der Waals surface area contributed by atoms with Gasteiger partial charge in [-0.2, -0.15) is 0 Å². The molecule has 0 aromatic heterocycles. The van der Waals surface area contributed by atoms with Gasteiger partial charge in [0, 0.05) is 18.6 Å². The van der Waals surface area contributed by atoms with Gasteiger partial charge in [-0.25, -0.2) is 0 Å². The van der Waals surface area contributed by atoms with E-state index in [1.807, 2.05) is 11.8 Å². The number of thioether (sulfide) groups is 1. The summed E-state index contributed by atoms with van der Waals surface area (Å²) in [6, 6.07) is 9.13. The van der Waals surface area contributed by atoms with Gasteiger partial charge in [-0.05, 0) is 73.6 Å². The molecule has 0 aliphatic carbocycles. The van der Waals surface area contributed by atoms with E-state index in [4.69, 9.17) is 5.11 Å². The second-order valence-electron chi connectivity index (χ2n) is 7.27. The van der Waals surface area contributed by atoms with Gasteiger partial charge in [0.05, 0.1) is 0 Å². The van der Waals surface area contributed by atoms with Gasteiger partial charge in [-0.3, -0.25) is 0 Å². The lowest BCUT2D eigenvalue weighted by molar-refractivity contribution is 0.142. The molecule has 138 valence electrons. The third-order valence-corrected chi connectivity index (χ3v) is 5.81. The van der Waals surface area contributed by atoms with Gasteiger partial charge in [-0.1, -0.05) is 39.8 Å². The van der Waals surface area contributed by atoms with Crippen LogP contribution in [-0.2, 0) is 6.42 Å². The Hall–Kier alpha value is -0.510. The Morgan fingerprint density at radius 2 is 1.83 bits per heavy atom.